The van der Waals surface area contributed by atoms with Crippen LogP contribution in [0.15, 0.2) is 23.4 Å². The molecular weight excluding hydrogens is 226 g/mol. The first-order valence-corrected chi connectivity index (χ1v) is 4.30. The highest BCUT2D eigenvalue weighted by atomic mass is 19.4. The number of nitrogens with zero attached hydrogens (tertiary/aromatic N) is 1. The molecule has 0 aromatic heterocycles. The molecule has 0 aliphatic heterocycles. The Morgan fingerprint density at radius 2 is 1.88 bits per heavy atom. The van der Waals surface area contributed by atoms with Crippen LogP contribution in [0.1, 0.15) is 18.1 Å². The summed E-state index contributed by atoms with van der Waals surface area (Å²) >= 11 is 0. The maximum atomic E-state index is 13.0. The smallest absolute Gasteiger partial charge is 0.399 e. The Balaban J connectivity index is 3.23. The average molecular weight is 235 g/mol. The lowest BCUT2D eigenvalue weighted by atomic mass is 10.1. The minimum Gasteiger partial charge on any atom is -0.399 e. The third kappa shape index (κ3) is 2.95. The van der Waals surface area contributed by atoms with E-state index in [1.54, 1.807) is 0 Å². The third-order valence-electron chi connectivity index (χ3n) is 1.87. The van der Waals surface area contributed by atoms with Crippen molar-refractivity contribution in [3.8, 4) is 0 Å². The predicted molar refractivity (Wildman–Crippen MR) is 50.6 cm³/mol. The van der Waals surface area contributed by atoms with Crippen molar-refractivity contribution in [3.63, 3.8) is 0 Å². The van der Waals surface area contributed by atoms with Crippen LogP contribution in [0.25, 0.3) is 0 Å². The van der Waals surface area contributed by atoms with Gasteiger partial charge in [0, 0.05) is 5.56 Å². The summed E-state index contributed by atoms with van der Waals surface area (Å²) < 4.78 is 50.0. The Kier molecular flexibility index (Phi) is 3.51. The van der Waals surface area contributed by atoms with E-state index in [1.807, 2.05) is 0 Å². The molecule has 0 saturated heterocycles. The first-order chi connectivity index (χ1) is 7.34. The van der Waals surface area contributed by atoms with E-state index >= 15 is 0 Å². The van der Waals surface area contributed by atoms with Crippen molar-refractivity contribution in [1.29, 1.82) is 0 Å². The fourth-order valence-electron chi connectivity index (χ4n) is 1.15. The van der Waals surface area contributed by atoms with Crippen molar-refractivity contribution in [2.24, 2.45) is 5.16 Å². The van der Waals surface area contributed by atoms with E-state index in [-0.39, 0.29) is 11.3 Å². The summed E-state index contributed by atoms with van der Waals surface area (Å²) in [4.78, 5) is 4.41. The van der Waals surface area contributed by atoms with Gasteiger partial charge in [0.05, 0.1) is 11.3 Å². The molecule has 0 amide bonds. The van der Waals surface area contributed by atoms with Gasteiger partial charge in [0.1, 0.15) is 12.9 Å². The monoisotopic (exact) mass is 235 g/mol. The zero-order chi connectivity index (χ0) is 12.3. The molecule has 0 bridgehead atoms. The number of alkyl halides is 3. The van der Waals surface area contributed by atoms with Crippen LogP contribution in [0.5, 0.6) is 0 Å². The van der Waals surface area contributed by atoms with Gasteiger partial charge in [0.25, 0.3) is 0 Å². The topological polar surface area (TPSA) is 21.6 Å². The Labute approximate surface area is 89.5 Å². The zero-order valence-electron chi connectivity index (χ0n) is 8.60. The van der Waals surface area contributed by atoms with E-state index in [4.69, 9.17) is 0 Å². The van der Waals surface area contributed by atoms with Crippen molar-refractivity contribution in [2.45, 2.75) is 13.1 Å². The molecule has 0 unspecified atom stereocenters. The Morgan fingerprint density at radius 1 is 1.25 bits per heavy atom. The number of oxime groups is 1. The summed E-state index contributed by atoms with van der Waals surface area (Å²) in [6.45, 7) is 1.43. The zero-order valence-corrected chi connectivity index (χ0v) is 8.60. The van der Waals surface area contributed by atoms with Crippen molar-refractivity contribution in [3.05, 3.63) is 35.1 Å². The molecule has 0 atom stereocenters. The van der Waals surface area contributed by atoms with Crippen LogP contribution in [0, 0.1) is 5.82 Å². The van der Waals surface area contributed by atoms with E-state index in [1.165, 1.54) is 14.0 Å². The van der Waals surface area contributed by atoms with Crippen LogP contribution in [0.2, 0.25) is 0 Å². The largest absolute Gasteiger partial charge is 0.416 e. The molecule has 2 nitrogen and oxygen atoms in total. The lowest BCUT2D eigenvalue weighted by Gasteiger charge is -2.08. The van der Waals surface area contributed by atoms with E-state index in [0.29, 0.717) is 6.07 Å². The van der Waals surface area contributed by atoms with Gasteiger partial charge in [0.2, 0.25) is 0 Å². The maximum Gasteiger partial charge on any atom is 0.416 e. The second-order valence-corrected chi connectivity index (χ2v) is 3.09. The van der Waals surface area contributed by atoms with Gasteiger partial charge in [-0.3, -0.25) is 0 Å². The number of halogens is 4. The van der Waals surface area contributed by atoms with Crippen LogP contribution in [0.4, 0.5) is 17.6 Å². The molecule has 1 aromatic rings. The van der Waals surface area contributed by atoms with Crippen LogP contribution in [-0.2, 0) is 11.0 Å². The Bertz CT molecular complexity index is 412. The first-order valence-electron chi connectivity index (χ1n) is 4.30. The number of rotatable bonds is 2. The van der Waals surface area contributed by atoms with Gasteiger partial charge in [0.15, 0.2) is 0 Å². The minimum absolute atomic E-state index is 0.0363. The molecule has 0 fully saturated rings. The summed E-state index contributed by atoms with van der Waals surface area (Å²) in [5.74, 6) is -0.963. The highest BCUT2D eigenvalue weighted by Crippen LogP contribution is 2.30. The van der Waals surface area contributed by atoms with E-state index in [9.17, 15) is 17.6 Å². The summed E-state index contributed by atoms with van der Waals surface area (Å²) in [7, 11) is 1.26. The van der Waals surface area contributed by atoms with E-state index < -0.39 is 17.6 Å². The van der Waals surface area contributed by atoms with E-state index in [0.717, 1.165) is 12.1 Å². The fraction of sp³-hybridized carbons (Fsp3) is 0.300. The molecule has 0 radical (unpaired) electrons. The molecule has 88 valence electrons. The molecule has 0 N–H and O–H groups in total. The second kappa shape index (κ2) is 4.51. The quantitative estimate of drug-likeness (QED) is 0.438. The van der Waals surface area contributed by atoms with E-state index in [2.05, 4.69) is 9.99 Å². The van der Waals surface area contributed by atoms with Crippen LogP contribution >= 0.6 is 0 Å². The van der Waals surface area contributed by atoms with Gasteiger partial charge in [-0.1, -0.05) is 5.16 Å². The predicted octanol–water partition coefficient (Wildman–Crippen LogP) is 3.21. The summed E-state index contributed by atoms with van der Waals surface area (Å²) in [6, 6.07) is 2.22. The number of benzene rings is 1. The molecule has 0 saturated carbocycles. The highest BCUT2D eigenvalue weighted by molar-refractivity contribution is 5.98. The molecule has 1 aromatic carbocycles. The molecule has 0 spiro atoms. The van der Waals surface area contributed by atoms with Gasteiger partial charge in [-0.25, -0.2) is 4.39 Å². The number of hydrogen-bond acceptors (Lipinski definition) is 2. The molecular formula is C10H9F4NO. The van der Waals surface area contributed by atoms with Crippen molar-refractivity contribution in [2.75, 3.05) is 7.11 Å². The third-order valence-corrected chi connectivity index (χ3v) is 1.87. The SMILES string of the molecule is CON=C(C)c1cc(F)cc(C(F)(F)F)c1. The van der Waals surface area contributed by atoms with Crippen LogP contribution in [-0.4, -0.2) is 12.8 Å². The number of hydrogen-bond donors (Lipinski definition) is 0. The lowest BCUT2D eigenvalue weighted by Crippen LogP contribution is -2.08. The van der Waals surface area contributed by atoms with Crippen molar-refractivity contribution < 1.29 is 22.4 Å². The standard InChI is InChI=1S/C10H9F4NO/c1-6(15-16-2)7-3-8(10(12,13)14)5-9(11)4-7/h3-5H,1-2H3. The van der Waals surface area contributed by atoms with Crippen LogP contribution < -0.4 is 0 Å². The second-order valence-electron chi connectivity index (χ2n) is 3.09. The first kappa shape index (κ1) is 12.5. The summed E-state index contributed by atoms with van der Waals surface area (Å²) in [5, 5.41) is 3.44. The molecule has 0 aliphatic carbocycles. The lowest BCUT2D eigenvalue weighted by molar-refractivity contribution is -0.137. The minimum atomic E-state index is -4.58. The molecule has 1 rings (SSSR count). The summed E-state index contributed by atoms with van der Waals surface area (Å²) in [5.41, 5.74) is -0.838. The fourth-order valence-corrected chi connectivity index (χ4v) is 1.15. The van der Waals surface area contributed by atoms with Crippen LogP contribution in [0.3, 0.4) is 0 Å². The Hall–Kier alpha value is -1.59. The molecule has 0 aliphatic rings. The van der Waals surface area contributed by atoms with Gasteiger partial charge >= 0.3 is 6.18 Å². The van der Waals surface area contributed by atoms with Gasteiger partial charge < -0.3 is 4.84 Å². The normalized spacial score (nSPS) is 12.8. The maximum absolute atomic E-state index is 13.0. The van der Waals surface area contributed by atoms with Gasteiger partial charge in [-0.2, -0.15) is 13.2 Å². The van der Waals surface area contributed by atoms with Crippen molar-refractivity contribution >= 4 is 5.71 Å². The Morgan fingerprint density at radius 3 is 2.38 bits per heavy atom. The van der Waals surface area contributed by atoms with Gasteiger partial charge in [-0.05, 0) is 25.1 Å². The average Bonchev–Trinajstić information content (AvgIpc) is 2.16. The van der Waals surface area contributed by atoms with Gasteiger partial charge in [-0.15, -0.1) is 0 Å². The molecule has 6 heteroatoms. The molecule has 0 heterocycles. The van der Waals surface area contributed by atoms with Crippen molar-refractivity contribution in [1.82, 2.24) is 0 Å². The summed E-state index contributed by atoms with van der Waals surface area (Å²) in [6.07, 6.45) is -4.58. The molecule has 16 heavy (non-hydrogen) atoms. The highest BCUT2D eigenvalue weighted by Gasteiger charge is 2.31.